The molecule has 21 heavy (non-hydrogen) atoms. The van der Waals surface area contributed by atoms with E-state index in [-0.39, 0.29) is 12.5 Å². The lowest BCUT2D eigenvalue weighted by molar-refractivity contribution is -0.118. The highest BCUT2D eigenvalue weighted by Gasteiger charge is 2.09. The second-order valence-electron chi connectivity index (χ2n) is 5.40. The average molecular weight is 287 g/mol. The number of ether oxygens (including phenoxy) is 1. The Labute approximate surface area is 124 Å². The van der Waals surface area contributed by atoms with Gasteiger partial charge in [-0.1, -0.05) is 26.0 Å². The summed E-state index contributed by atoms with van der Waals surface area (Å²) in [7, 11) is 0. The number of hydrogen-bond donors (Lipinski definition) is 2. The van der Waals surface area contributed by atoms with Gasteiger partial charge in [-0.05, 0) is 37.0 Å². The number of H-pyrrole nitrogens is 1. The lowest BCUT2D eigenvalue weighted by atomic mass is 10.1. The van der Waals surface area contributed by atoms with Crippen LogP contribution in [0.1, 0.15) is 36.6 Å². The van der Waals surface area contributed by atoms with E-state index in [0.29, 0.717) is 11.7 Å². The minimum atomic E-state index is -0.224. The van der Waals surface area contributed by atoms with Gasteiger partial charge in [-0.2, -0.15) is 5.10 Å². The fraction of sp³-hybridized carbons (Fsp3) is 0.375. The van der Waals surface area contributed by atoms with Crippen molar-refractivity contribution in [2.75, 3.05) is 11.9 Å². The number of nitrogens with zero attached hydrogens (tertiary/aromatic N) is 1. The van der Waals surface area contributed by atoms with E-state index >= 15 is 0 Å². The summed E-state index contributed by atoms with van der Waals surface area (Å²) >= 11 is 0. The zero-order valence-electron chi connectivity index (χ0n) is 12.9. The van der Waals surface area contributed by atoms with E-state index in [1.807, 2.05) is 38.1 Å². The Morgan fingerprint density at radius 2 is 2.14 bits per heavy atom. The van der Waals surface area contributed by atoms with Crippen LogP contribution in [0.5, 0.6) is 5.75 Å². The SMILES string of the molecule is Cc1cccc(OCC(=O)Nc2cc(C(C)C)[nH]n2)c1C. The summed E-state index contributed by atoms with van der Waals surface area (Å²) < 4.78 is 5.56. The van der Waals surface area contributed by atoms with Gasteiger partial charge in [0.2, 0.25) is 0 Å². The predicted octanol–water partition coefficient (Wildman–Crippen LogP) is 3.17. The average Bonchev–Trinajstić information content (AvgIpc) is 2.89. The quantitative estimate of drug-likeness (QED) is 0.887. The lowest BCUT2D eigenvalue weighted by Gasteiger charge is -2.10. The molecular formula is C16H21N3O2. The largest absolute Gasteiger partial charge is 0.483 e. The van der Waals surface area contributed by atoms with Crippen molar-refractivity contribution in [1.82, 2.24) is 10.2 Å². The zero-order chi connectivity index (χ0) is 15.4. The van der Waals surface area contributed by atoms with Gasteiger partial charge in [-0.25, -0.2) is 0 Å². The second kappa shape index (κ2) is 6.43. The first-order valence-electron chi connectivity index (χ1n) is 7.01. The van der Waals surface area contributed by atoms with E-state index < -0.39 is 0 Å². The maximum atomic E-state index is 11.9. The maximum Gasteiger partial charge on any atom is 0.263 e. The fourth-order valence-electron chi connectivity index (χ4n) is 1.90. The van der Waals surface area contributed by atoms with Gasteiger partial charge in [0, 0.05) is 11.8 Å². The number of hydrogen-bond acceptors (Lipinski definition) is 3. The summed E-state index contributed by atoms with van der Waals surface area (Å²) in [5.41, 5.74) is 3.18. The van der Waals surface area contributed by atoms with Crippen LogP contribution in [-0.4, -0.2) is 22.7 Å². The first-order valence-corrected chi connectivity index (χ1v) is 7.01. The lowest BCUT2D eigenvalue weighted by Crippen LogP contribution is -2.20. The molecule has 0 radical (unpaired) electrons. The van der Waals surface area contributed by atoms with E-state index in [2.05, 4.69) is 29.4 Å². The molecule has 0 unspecified atom stereocenters. The monoisotopic (exact) mass is 287 g/mol. The topological polar surface area (TPSA) is 67.0 Å². The molecule has 0 saturated heterocycles. The molecule has 1 amide bonds. The number of amides is 1. The molecule has 2 aromatic rings. The molecular weight excluding hydrogens is 266 g/mol. The fourth-order valence-corrected chi connectivity index (χ4v) is 1.90. The molecule has 5 nitrogen and oxygen atoms in total. The van der Waals surface area contributed by atoms with Gasteiger partial charge >= 0.3 is 0 Å². The molecule has 0 atom stereocenters. The van der Waals surface area contributed by atoms with Crippen molar-refractivity contribution in [2.24, 2.45) is 0 Å². The van der Waals surface area contributed by atoms with Crippen LogP contribution < -0.4 is 10.1 Å². The first kappa shape index (κ1) is 15.1. The van der Waals surface area contributed by atoms with Crippen LogP contribution in [0.15, 0.2) is 24.3 Å². The third-order valence-corrected chi connectivity index (χ3v) is 3.40. The third kappa shape index (κ3) is 3.84. The minimum absolute atomic E-state index is 0.0336. The van der Waals surface area contributed by atoms with Crippen molar-refractivity contribution < 1.29 is 9.53 Å². The number of rotatable bonds is 5. The van der Waals surface area contributed by atoms with Crippen LogP contribution in [0.3, 0.4) is 0 Å². The van der Waals surface area contributed by atoms with Crippen LogP contribution in [-0.2, 0) is 4.79 Å². The van der Waals surface area contributed by atoms with Crippen LogP contribution in [0.4, 0.5) is 5.82 Å². The van der Waals surface area contributed by atoms with E-state index in [1.165, 1.54) is 0 Å². The summed E-state index contributed by atoms with van der Waals surface area (Å²) in [5.74, 6) is 1.37. The smallest absolute Gasteiger partial charge is 0.263 e. The van der Waals surface area contributed by atoms with Gasteiger partial charge in [-0.15, -0.1) is 0 Å². The summed E-state index contributed by atoms with van der Waals surface area (Å²) in [6.07, 6.45) is 0. The predicted molar refractivity (Wildman–Crippen MR) is 82.7 cm³/mol. The molecule has 1 heterocycles. The molecule has 0 aliphatic rings. The van der Waals surface area contributed by atoms with E-state index in [9.17, 15) is 4.79 Å². The van der Waals surface area contributed by atoms with E-state index in [4.69, 9.17) is 4.74 Å². The molecule has 112 valence electrons. The first-order chi connectivity index (χ1) is 9.97. The Kier molecular flexibility index (Phi) is 4.62. The van der Waals surface area contributed by atoms with Gasteiger partial charge in [0.05, 0.1) is 0 Å². The molecule has 0 saturated carbocycles. The molecule has 0 bridgehead atoms. The highest BCUT2D eigenvalue weighted by molar-refractivity contribution is 5.91. The van der Waals surface area contributed by atoms with Crippen molar-refractivity contribution in [3.63, 3.8) is 0 Å². The molecule has 1 aromatic heterocycles. The normalized spacial score (nSPS) is 10.7. The molecule has 5 heteroatoms. The highest BCUT2D eigenvalue weighted by atomic mass is 16.5. The number of benzene rings is 1. The van der Waals surface area contributed by atoms with Gasteiger partial charge in [-0.3, -0.25) is 9.89 Å². The van der Waals surface area contributed by atoms with Crippen LogP contribution in [0, 0.1) is 13.8 Å². The number of carbonyl (C=O) groups excluding carboxylic acids is 1. The van der Waals surface area contributed by atoms with Crippen molar-refractivity contribution in [1.29, 1.82) is 0 Å². The number of nitrogens with one attached hydrogen (secondary N) is 2. The van der Waals surface area contributed by atoms with E-state index in [0.717, 1.165) is 22.6 Å². The molecule has 2 N–H and O–H groups in total. The van der Waals surface area contributed by atoms with E-state index in [1.54, 1.807) is 0 Å². The molecule has 0 spiro atoms. The molecule has 0 aliphatic heterocycles. The van der Waals surface area contributed by atoms with Crippen LogP contribution >= 0.6 is 0 Å². The van der Waals surface area contributed by atoms with Crippen molar-refractivity contribution in [3.8, 4) is 5.75 Å². The Morgan fingerprint density at radius 1 is 1.38 bits per heavy atom. The number of anilines is 1. The minimum Gasteiger partial charge on any atom is -0.483 e. The summed E-state index contributed by atoms with van der Waals surface area (Å²) in [5, 5.41) is 9.66. The summed E-state index contributed by atoms with van der Waals surface area (Å²) in [6.45, 7) is 8.07. The molecule has 0 aliphatic carbocycles. The maximum absolute atomic E-state index is 11.9. The van der Waals surface area contributed by atoms with Gasteiger partial charge in [0.15, 0.2) is 12.4 Å². The van der Waals surface area contributed by atoms with Crippen LogP contribution in [0.25, 0.3) is 0 Å². The summed E-state index contributed by atoms with van der Waals surface area (Å²) in [6, 6.07) is 7.62. The standard InChI is InChI=1S/C16H21N3O2/c1-10(2)13-8-15(19-18-13)17-16(20)9-21-14-7-5-6-11(3)12(14)4/h5-8,10H,9H2,1-4H3,(H2,17,18,19,20). The Bertz CT molecular complexity index is 632. The summed E-state index contributed by atoms with van der Waals surface area (Å²) in [4.78, 5) is 11.9. The van der Waals surface area contributed by atoms with Crippen molar-refractivity contribution >= 4 is 11.7 Å². The number of aromatic nitrogens is 2. The number of carbonyl (C=O) groups is 1. The second-order valence-corrected chi connectivity index (χ2v) is 5.40. The van der Waals surface area contributed by atoms with Gasteiger partial charge in [0.1, 0.15) is 5.75 Å². The van der Waals surface area contributed by atoms with Crippen LogP contribution in [0.2, 0.25) is 0 Å². The number of aromatic amines is 1. The Morgan fingerprint density at radius 3 is 2.81 bits per heavy atom. The third-order valence-electron chi connectivity index (χ3n) is 3.40. The van der Waals surface area contributed by atoms with Gasteiger partial charge in [0.25, 0.3) is 5.91 Å². The van der Waals surface area contributed by atoms with Crippen molar-refractivity contribution in [2.45, 2.75) is 33.6 Å². The van der Waals surface area contributed by atoms with Gasteiger partial charge < -0.3 is 10.1 Å². The molecule has 1 aromatic carbocycles. The molecule has 0 fully saturated rings. The highest BCUT2D eigenvalue weighted by Crippen LogP contribution is 2.20. The van der Waals surface area contributed by atoms with Crippen molar-refractivity contribution in [3.05, 3.63) is 41.1 Å². The Hall–Kier alpha value is -2.30. The Balaban J connectivity index is 1.91. The zero-order valence-corrected chi connectivity index (χ0v) is 12.9. The molecule has 2 rings (SSSR count). The number of aryl methyl sites for hydroxylation is 1.